The van der Waals surface area contributed by atoms with E-state index in [9.17, 15) is 39.9 Å². The predicted molar refractivity (Wildman–Crippen MR) is 50.2 cm³/mol. The van der Waals surface area contributed by atoms with Crippen molar-refractivity contribution in [3.63, 3.8) is 0 Å². The summed E-state index contributed by atoms with van der Waals surface area (Å²) >= 11 is 0. The number of carbonyl (C=O) groups is 1. The van der Waals surface area contributed by atoms with Crippen LogP contribution in [0.4, 0.5) is 35.1 Å². The molecule has 0 spiro atoms. The van der Waals surface area contributed by atoms with Crippen LogP contribution in [0.5, 0.6) is 0 Å². The minimum absolute atomic E-state index is 0.921. The Morgan fingerprint density at radius 3 is 1.80 bits per heavy atom. The highest BCUT2D eigenvalue weighted by atomic mass is 19.4. The zero-order valence-electron chi connectivity index (χ0n) is 10.2. The van der Waals surface area contributed by atoms with Crippen molar-refractivity contribution < 1.29 is 45.0 Å². The van der Waals surface area contributed by atoms with Gasteiger partial charge in [-0.25, -0.2) is 8.78 Å². The number of halogens is 8. The molecule has 0 aromatic heterocycles. The number of carbonyl (C=O) groups excluding carboxylic acids is 1. The average molecular weight is 317 g/mol. The van der Waals surface area contributed by atoms with E-state index in [2.05, 4.69) is 0 Å². The molecule has 0 radical (unpaired) electrons. The van der Waals surface area contributed by atoms with Gasteiger partial charge in [0.15, 0.2) is 0 Å². The van der Waals surface area contributed by atoms with E-state index in [1.807, 2.05) is 0 Å². The van der Waals surface area contributed by atoms with Crippen LogP contribution in [-0.2, 0) is 4.79 Å². The van der Waals surface area contributed by atoms with Crippen LogP contribution in [0.1, 0.15) is 13.8 Å². The quantitative estimate of drug-likeness (QED) is 0.737. The number of alkyl halides is 8. The van der Waals surface area contributed by atoms with E-state index >= 15 is 0 Å². The van der Waals surface area contributed by atoms with Crippen molar-refractivity contribution in [2.75, 3.05) is 6.61 Å². The molecule has 20 heavy (non-hydrogen) atoms. The van der Waals surface area contributed by atoms with E-state index in [4.69, 9.17) is 5.11 Å². The molecule has 0 aliphatic heterocycles. The Balaban J connectivity index is 5.46. The number of aliphatic hydroxyl groups is 1. The van der Waals surface area contributed by atoms with Gasteiger partial charge in [-0.1, -0.05) is 0 Å². The van der Waals surface area contributed by atoms with Crippen LogP contribution in [0.15, 0.2) is 0 Å². The highest BCUT2D eigenvalue weighted by Gasteiger charge is 2.78. The molecule has 0 saturated carbocycles. The monoisotopic (exact) mass is 317 g/mol. The fourth-order valence-corrected chi connectivity index (χ4v) is 0.914. The molecule has 1 amide bonds. The number of nitrogens with one attached hydrogen (secondary N) is 1. The minimum atomic E-state index is -6.61. The molecule has 0 aromatic rings. The molecule has 2 N–H and O–H groups in total. The number of aliphatic hydroxyl groups excluding tert-OH is 1. The third kappa shape index (κ3) is 3.13. The summed E-state index contributed by atoms with van der Waals surface area (Å²) in [5.41, 5.74) is -1.84. The molecule has 0 saturated heterocycles. The second kappa shape index (κ2) is 5.34. The van der Waals surface area contributed by atoms with Crippen LogP contribution >= 0.6 is 0 Å². The van der Waals surface area contributed by atoms with Crippen molar-refractivity contribution in [2.24, 2.45) is 0 Å². The number of hydrogen-bond donors (Lipinski definition) is 2. The normalized spacial score (nSPS) is 14.6. The summed E-state index contributed by atoms with van der Waals surface area (Å²) in [6.07, 6.45) is -5.10. The highest BCUT2D eigenvalue weighted by Crippen LogP contribution is 2.48. The van der Waals surface area contributed by atoms with Crippen molar-refractivity contribution in [1.82, 2.24) is 5.32 Å². The Morgan fingerprint density at radius 2 is 1.50 bits per heavy atom. The molecular weight excluding hydrogens is 306 g/mol. The summed E-state index contributed by atoms with van der Waals surface area (Å²) in [5, 5.41) is 9.81. The fourth-order valence-electron chi connectivity index (χ4n) is 0.914. The van der Waals surface area contributed by atoms with Gasteiger partial charge < -0.3 is 10.4 Å². The molecule has 0 unspecified atom stereocenters. The van der Waals surface area contributed by atoms with Crippen LogP contribution in [0.25, 0.3) is 0 Å². The smallest absolute Gasteiger partial charge is 0.392 e. The van der Waals surface area contributed by atoms with E-state index in [0.717, 1.165) is 13.8 Å². The number of rotatable bonds is 6. The molecule has 0 fully saturated rings. The van der Waals surface area contributed by atoms with E-state index < -0.39 is 42.2 Å². The first-order valence-electron chi connectivity index (χ1n) is 4.98. The van der Waals surface area contributed by atoms with Gasteiger partial charge in [0.1, 0.15) is 0 Å². The molecule has 0 heterocycles. The third-order valence-electron chi connectivity index (χ3n) is 2.22. The second-order valence-corrected chi connectivity index (χ2v) is 4.57. The van der Waals surface area contributed by atoms with Gasteiger partial charge in [0, 0.05) is 0 Å². The first-order valence-corrected chi connectivity index (χ1v) is 4.98. The van der Waals surface area contributed by atoms with Gasteiger partial charge in [0.05, 0.1) is 12.1 Å². The van der Waals surface area contributed by atoms with Crippen LogP contribution in [0.2, 0.25) is 0 Å². The van der Waals surface area contributed by atoms with Crippen LogP contribution in [0, 0.1) is 0 Å². The largest absolute Gasteiger partial charge is 0.394 e. The van der Waals surface area contributed by atoms with Gasteiger partial charge in [-0.2, -0.15) is 26.3 Å². The molecular formula is C9H11F8NO2. The zero-order chi connectivity index (χ0) is 16.6. The Morgan fingerprint density at radius 1 is 1.10 bits per heavy atom. The van der Waals surface area contributed by atoms with Gasteiger partial charge in [0.25, 0.3) is 5.91 Å². The molecule has 0 rings (SSSR count). The Kier molecular flexibility index (Phi) is 5.04. The van der Waals surface area contributed by atoms with E-state index in [0.29, 0.717) is 0 Å². The van der Waals surface area contributed by atoms with E-state index in [1.165, 1.54) is 5.32 Å². The average Bonchev–Trinajstić information content (AvgIpc) is 2.27. The van der Waals surface area contributed by atoms with Gasteiger partial charge in [0.2, 0.25) is 0 Å². The van der Waals surface area contributed by atoms with Gasteiger partial charge in [-0.15, -0.1) is 0 Å². The molecule has 0 bridgehead atoms. The molecule has 11 heteroatoms. The highest BCUT2D eigenvalue weighted by molar-refractivity contribution is 5.85. The van der Waals surface area contributed by atoms with Crippen molar-refractivity contribution in [3.05, 3.63) is 0 Å². The summed E-state index contributed by atoms with van der Waals surface area (Å²) in [6, 6.07) is 0. The first-order chi connectivity index (χ1) is 8.63. The maximum atomic E-state index is 13.1. The van der Waals surface area contributed by atoms with E-state index in [1.54, 1.807) is 0 Å². The maximum absolute atomic E-state index is 13.1. The molecule has 120 valence electrons. The lowest BCUT2D eigenvalue weighted by atomic mass is 10.0. The second-order valence-electron chi connectivity index (χ2n) is 4.57. The molecule has 0 aromatic carbocycles. The topological polar surface area (TPSA) is 49.3 Å². The van der Waals surface area contributed by atoms with Crippen molar-refractivity contribution in [3.8, 4) is 0 Å². The standard InChI is InChI=1S/C9H11F8NO2/c1-6(2,3-19)18-5(20)8(14,15)9(16,17)7(12,13)4(10)11/h4,19H,3H2,1-2H3,(H,18,20). The number of hydrogen-bond acceptors (Lipinski definition) is 2. The summed E-state index contributed by atoms with van der Waals surface area (Å²) in [5.74, 6) is -22.0. The van der Waals surface area contributed by atoms with Gasteiger partial charge >= 0.3 is 24.2 Å². The molecule has 0 atom stereocenters. The van der Waals surface area contributed by atoms with Gasteiger partial charge in [-0.05, 0) is 13.8 Å². The fraction of sp³-hybridized carbons (Fsp3) is 0.889. The Bertz CT molecular complexity index is 369. The van der Waals surface area contributed by atoms with Crippen molar-refractivity contribution in [1.29, 1.82) is 0 Å². The van der Waals surface area contributed by atoms with Crippen molar-refractivity contribution >= 4 is 5.91 Å². The van der Waals surface area contributed by atoms with Crippen molar-refractivity contribution in [2.45, 2.75) is 43.6 Å². The van der Waals surface area contributed by atoms with Crippen LogP contribution < -0.4 is 5.32 Å². The first kappa shape index (κ1) is 18.9. The zero-order valence-corrected chi connectivity index (χ0v) is 10.2. The van der Waals surface area contributed by atoms with E-state index in [-0.39, 0.29) is 0 Å². The lowest BCUT2D eigenvalue weighted by Crippen LogP contribution is -2.65. The number of amides is 1. The van der Waals surface area contributed by atoms with Crippen LogP contribution in [0.3, 0.4) is 0 Å². The summed E-state index contributed by atoms with van der Waals surface area (Å²) < 4.78 is 100. The molecule has 0 aliphatic carbocycles. The maximum Gasteiger partial charge on any atom is 0.392 e. The minimum Gasteiger partial charge on any atom is -0.394 e. The molecule has 3 nitrogen and oxygen atoms in total. The third-order valence-corrected chi connectivity index (χ3v) is 2.22. The van der Waals surface area contributed by atoms with Crippen LogP contribution in [-0.4, -0.2) is 47.4 Å². The Labute approximate surface area is 107 Å². The lowest BCUT2D eigenvalue weighted by Gasteiger charge is -2.33. The van der Waals surface area contributed by atoms with Gasteiger partial charge in [-0.3, -0.25) is 4.79 Å². The summed E-state index contributed by atoms with van der Waals surface area (Å²) in [4.78, 5) is 10.9. The summed E-state index contributed by atoms with van der Waals surface area (Å²) in [6.45, 7) is 0.861. The Hall–Kier alpha value is -1.13. The summed E-state index contributed by atoms with van der Waals surface area (Å²) in [7, 11) is 0. The predicted octanol–water partition coefficient (Wildman–Crippen LogP) is 2.04. The molecule has 0 aliphatic rings. The SMILES string of the molecule is CC(C)(CO)NC(=O)C(F)(F)C(F)(F)C(F)(F)C(F)F. The lowest BCUT2D eigenvalue weighted by molar-refractivity contribution is -0.328.